The maximum absolute atomic E-state index is 13.1. The number of aromatic amines is 1. The quantitative estimate of drug-likeness (QED) is 0.319. The Morgan fingerprint density at radius 2 is 1.84 bits per heavy atom. The molecule has 0 saturated carbocycles. The Labute approximate surface area is 221 Å². The van der Waals surface area contributed by atoms with Crippen LogP contribution in [0.1, 0.15) is 46.6 Å². The summed E-state index contributed by atoms with van der Waals surface area (Å²) < 4.78 is 2.30. The third-order valence-corrected chi connectivity index (χ3v) is 7.21. The Kier molecular flexibility index (Phi) is 6.92. The Morgan fingerprint density at radius 3 is 2.61 bits per heavy atom. The highest BCUT2D eigenvalue weighted by atomic mass is 16.1. The summed E-state index contributed by atoms with van der Waals surface area (Å²) in [7, 11) is 0. The van der Waals surface area contributed by atoms with Crippen molar-refractivity contribution in [2.24, 2.45) is 0 Å². The summed E-state index contributed by atoms with van der Waals surface area (Å²) in [5.41, 5.74) is 8.29. The molecule has 192 valence electrons. The van der Waals surface area contributed by atoms with E-state index in [1.807, 2.05) is 44.2 Å². The molecule has 1 amide bonds. The van der Waals surface area contributed by atoms with E-state index in [9.17, 15) is 9.59 Å². The number of fused-ring (bicyclic) bond motifs is 1. The Hall–Kier alpha value is -4.52. The van der Waals surface area contributed by atoms with Gasteiger partial charge in [-0.3, -0.25) is 9.59 Å². The van der Waals surface area contributed by atoms with E-state index < -0.39 is 0 Å². The van der Waals surface area contributed by atoms with E-state index >= 15 is 0 Å². The summed E-state index contributed by atoms with van der Waals surface area (Å²) in [5, 5.41) is 4.01. The second kappa shape index (κ2) is 10.5. The second-order valence-corrected chi connectivity index (χ2v) is 9.74. The number of nitrogens with one attached hydrogen (secondary N) is 2. The largest absolute Gasteiger partial charge is 0.352 e. The van der Waals surface area contributed by atoms with Crippen LogP contribution in [-0.4, -0.2) is 25.4 Å². The molecule has 0 fully saturated rings. The monoisotopic (exact) mass is 505 g/mol. The average molecular weight is 506 g/mol. The summed E-state index contributed by atoms with van der Waals surface area (Å²) in [4.78, 5) is 36.7. The number of benzene rings is 2. The van der Waals surface area contributed by atoms with Gasteiger partial charge in [0.1, 0.15) is 6.33 Å². The maximum Gasteiger partial charge on any atom is 0.253 e. The van der Waals surface area contributed by atoms with Crippen molar-refractivity contribution in [3.05, 3.63) is 117 Å². The van der Waals surface area contributed by atoms with Gasteiger partial charge in [-0.2, -0.15) is 0 Å². The third kappa shape index (κ3) is 4.87. The van der Waals surface area contributed by atoms with Gasteiger partial charge in [0.05, 0.1) is 18.2 Å². The lowest BCUT2D eigenvalue weighted by Gasteiger charge is -2.19. The minimum atomic E-state index is -0.159. The van der Waals surface area contributed by atoms with Crippen LogP contribution in [-0.2, 0) is 17.8 Å². The van der Waals surface area contributed by atoms with Crippen molar-refractivity contribution >= 4 is 16.8 Å². The van der Waals surface area contributed by atoms with E-state index in [1.54, 1.807) is 12.5 Å². The standard InChI is InChI=1S/C31H31N5O2/c1-19-14-20(2)35-31(38)27(19)17-33-30(37)16-26-22(4)36(29-11-6-5-10-25(26)29)21(3)23-8-7-9-24(15-23)28-12-13-32-18-34-28/h5-15,18,21H,16-17H2,1-4H3,(H,33,37)(H,35,38). The van der Waals surface area contributed by atoms with Gasteiger partial charge in [0, 0.05) is 46.2 Å². The first kappa shape index (κ1) is 25.1. The predicted octanol–water partition coefficient (Wildman–Crippen LogP) is 5.18. The number of H-pyrrole nitrogens is 1. The number of para-hydroxylation sites is 1. The van der Waals surface area contributed by atoms with Crippen molar-refractivity contribution < 1.29 is 4.79 Å². The number of carbonyl (C=O) groups excluding carboxylic acids is 1. The minimum Gasteiger partial charge on any atom is -0.352 e. The number of pyridine rings is 1. The first-order valence-electron chi connectivity index (χ1n) is 12.7. The fourth-order valence-corrected chi connectivity index (χ4v) is 5.26. The molecule has 5 rings (SSSR count). The van der Waals surface area contributed by atoms with Gasteiger partial charge in [-0.05, 0) is 68.7 Å². The van der Waals surface area contributed by atoms with Crippen molar-refractivity contribution in [1.82, 2.24) is 24.8 Å². The molecule has 38 heavy (non-hydrogen) atoms. The van der Waals surface area contributed by atoms with Crippen molar-refractivity contribution in [3.63, 3.8) is 0 Å². The molecule has 1 unspecified atom stereocenters. The Bertz CT molecular complexity index is 1680. The molecule has 2 N–H and O–H groups in total. The van der Waals surface area contributed by atoms with E-state index in [-0.39, 0.29) is 30.5 Å². The number of amides is 1. The van der Waals surface area contributed by atoms with Crippen LogP contribution in [0.15, 0.2) is 78.0 Å². The molecule has 7 nitrogen and oxygen atoms in total. The van der Waals surface area contributed by atoms with Crippen molar-refractivity contribution in [2.45, 2.75) is 46.7 Å². The van der Waals surface area contributed by atoms with Gasteiger partial charge >= 0.3 is 0 Å². The van der Waals surface area contributed by atoms with Crippen LogP contribution in [0.2, 0.25) is 0 Å². The number of nitrogens with zero attached hydrogens (tertiary/aromatic N) is 3. The van der Waals surface area contributed by atoms with Crippen LogP contribution in [0.25, 0.3) is 22.2 Å². The smallest absolute Gasteiger partial charge is 0.253 e. The predicted molar refractivity (Wildman–Crippen MR) is 150 cm³/mol. The topological polar surface area (TPSA) is 92.7 Å². The zero-order chi connectivity index (χ0) is 26.8. The average Bonchev–Trinajstić information content (AvgIpc) is 3.19. The highest BCUT2D eigenvalue weighted by Gasteiger charge is 2.21. The molecule has 3 heterocycles. The molecule has 5 aromatic rings. The van der Waals surface area contributed by atoms with Crippen molar-refractivity contribution in [3.8, 4) is 11.3 Å². The highest BCUT2D eigenvalue weighted by molar-refractivity contribution is 5.91. The summed E-state index contributed by atoms with van der Waals surface area (Å²) in [5.74, 6) is -0.117. The van der Waals surface area contributed by atoms with Gasteiger partial charge in [0.2, 0.25) is 5.91 Å². The zero-order valence-corrected chi connectivity index (χ0v) is 22.1. The van der Waals surface area contributed by atoms with E-state index in [0.717, 1.165) is 50.2 Å². The van der Waals surface area contributed by atoms with Crippen LogP contribution >= 0.6 is 0 Å². The minimum absolute atomic E-state index is 0.0345. The van der Waals surface area contributed by atoms with Gasteiger partial charge in [-0.15, -0.1) is 0 Å². The molecule has 2 aromatic carbocycles. The molecule has 3 aromatic heterocycles. The summed E-state index contributed by atoms with van der Waals surface area (Å²) in [6.45, 7) is 8.19. The molecular weight excluding hydrogens is 474 g/mol. The fourth-order valence-electron chi connectivity index (χ4n) is 5.26. The molecule has 0 aliphatic heterocycles. The first-order chi connectivity index (χ1) is 18.3. The lowest BCUT2D eigenvalue weighted by Crippen LogP contribution is -2.29. The Balaban J connectivity index is 1.44. The van der Waals surface area contributed by atoms with Gasteiger partial charge in [-0.25, -0.2) is 9.97 Å². The van der Waals surface area contributed by atoms with Gasteiger partial charge in [-0.1, -0.05) is 36.4 Å². The van der Waals surface area contributed by atoms with E-state index in [1.165, 1.54) is 0 Å². The maximum atomic E-state index is 13.1. The molecule has 1 atom stereocenters. The van der Waals surface area contributed by atoms with Crippen LogP contribution < -0.4 is 10.9 Å². The van der Waals surface area contributed by atoms with Crippen LogP contribution in [0.4, 0.5) is 0 Å². The number of hydrogen-bond acceptors (Lipinski definition) is 4. The van der Waals surface area contributed by atoms with Crippen molar-refractivity contribution in [2.75, 3.05) is 0 Å². The molecule has 7 heteroatoms. The summed E-state index contributed by atoms with van der Waals surface area (Å²) in [6.07, 6.45) is 3.54. The molecule has 0 bridgehead atoms. The van der Waals surface area contributed by atoms with Crippen molar-refractivity contribution in [1.29, 1.82) is 0 Å². The van der Waals surface area contributed by atoms with E-state index in [4.69, 9.17) is 0 Å². The molecule has 0 aliphatic carbocycles. The molecule has 0 radical (unpaired) electrons. The number of aryl methyl sites for hydroxylation is 2. The van der Waals surface area contributed by atoms with Crippen LogP contribution in [0.5, 0.6) is 0 Å². The lowest BCUT2D eigenvalue weighted by atomic mass is 10.0. The molecular formula is C31H31N5O2. The summed E-state index contributed by atoms with van der Waals surface area (Å²) >= 11 is 0. The number of hydrogen-bond donors (Lipinski definition) is 2. The number of aromatic nitrogens is 4. The number of rotatable bonds is 7. The fraction of sp³-hybridized carbons (Fsp3) is 0.226. The highest BCUT2D eigenvalue weighted by Crippen LogP contribution is 2.33. The lowest BCUT2D eigenvalue weighted by molar-refractivity contribution is -0.120. The molecule has 0 aliphatic rings. The zero-order valence-electron chi connectivity index (χ0n) is 22.1. The van der Waals surface area contributed by atoms with E-state index in [0.29, 0.717) is 5.56 Å². The van der Waals surface area contributed by atoms with Crippen LogP contribution in [0, 0.1) is 20.8 Å². The third-order valence-electron chi connectivity index (χ3n) is 7.21. The second-order valence-electron chi connectivity index (χ2n) is 9.74. The van der Waals surface area contributed by atoms with Crippen LogP contribution in [0.3, 0.4) is 0 Å². The Morgan fingerprint density at radius 1 is 1.03 bits per heavy atom. The first-order valence-corrected chi connectivity index (χ1v) is 12.7. The number of carbonyl (C=O) groups is 1. The van der Waals surface area contributed by atoms with Gasteiger partial charge in [0.25, 0.3) is 5.56 Å². The summed E-state index contributed by atoms with van der Waals surface area (Å²) in [6, 6.07) is 20.4. The van der Waals surface area contributed by atoms with E-state index in [2.05, 4.69) is 69.0 Å². The molecule has 0 saturated heterocycles. The van der Waals surface area contributed by atoms with Gasteiger partial charge in [0.15, 0.2) is 0 Å². The molecule has 0 spiro atoms. The normalized spacial score (nSPS) is 12.0. The SMILES string of the molecule is Cc1cc(C)c(CNC(=O)Cc2c(C)n(C(C)c3cccc(-c4ccncn4)c3)c3ccccc23)c(=O)[nH]1. The van der Waals surface area contributed by atoms with Gasteiger partial charge < -0.3 is 14.9 Å².